The Labute approximate surface area is 115 Å². The highest BCUT2D eigenvalue weighted by Gasteiger charge is 2.13. The summed E-state index contributed by atoms with van der Waals surface area (Å²) in [6.07, 6.45) is 0. The van der Waals surface area contributed by atoms with Gasteiger partial charge in [0.15, 0.2) is 0 Å². The molecule has 5 heteroatoms. The van der Waals surface area contributed by atoms with Crippen LogP contribution in [0, 0.1) is 6.92 Å². The summed E-state index contributed by atoms with van der Waals surface area (Å²) >= 11 is 0. The first-order chi connectivity index (χ1) is 9.47. The number of benzene rings is 2. The van der Waals surface area contributed by atoms with Crippen LogP contribution in [0.25, 0.3) is 0 Å². The van der Waals surface area contributed by atoms with Gasteiger partial charge in [0.2, 0.25) is 0 Å². The van der Waals surface area contributed by atoms with E-state index in [2.05, 4.69) is 5.32 Å². The number of nitrogens with one attached hydrogen (secondary N) is 1. The molecule has 0 radical (unpaired) electrons. The van der Waals surface area contributed by atoms with E-state index in [-0.39, 0.29) is 11.3 Å². The Hall–Kier alpha value is -2.82. The van der Waals surface area contributed by atoms with Crippen molar-refractivity contribution in [3.05, 3.63) is 59.2 Å². The van der Waals surface area contributed by atoms with E-state index in [4.69, 9.17) is 5.11 Å². The first-order valence-electron chi connectivity index (χ1n) is 5.90. The smallest absolute Gasteiger partial charge is 0.337 e. The van der Waals surface area contributed by atoms with Crippen molar-refractivity contribution in [1.82, 2.24) is 0 Å². The number of carboxylic acids is 1. The van der Waals surface area contributed by atoms with Crippen molar-refractivity contribution in [3.63, 3.8) is 0 Å². The molecule has 0 aliphatic heterocycles. The van der Waals surface area contributed by atoms with E-state index >= 15 is 0 Å². The molecular formula is C15H12NO4-. The Morgan fingerprint density at radius 2 is 1.75 bits per heavy atom. The zero-order valence-corrected chi connectivity index (χ0v) is 10.7. The molecule has 0 fully saturated rings. The molecule has 20 heavy (non-hydrogen) atoms. The minimum Gasteiger partial charge on any atom is -0.872 e. The van der Waals surface area contributed by atoms with Crippen LogP contribution in [0.2, 0.25) is 0 Å². The van der Waals surface area contributed by atoms with Crippen molar-refractivity contribution in [2.24, 2.45) is 0 Å². The number of rotatable bonds is 3. The number of hydrogen-bond donors (Lipinski definition) is 2. The Morgan fingerprint density at radius 3 is 2.35 bits per heavy atom. The van der Waals surface area contributed by atoms with Crippen molar-refractivity contribution >= 4 is 17.6 Å². The second-order valence-corrected chi connectivity index (χ2v) is 4.33. The van der Waals surface area contributed by atoms with E-state index in [9.17, 15) is 14.7 Å². The van der Waals surface area contributed by atoms with Crippen molar-refractivity contribution in [1.29, 1.82) is 0 Å². The van der Waals surface area contributed by atoms with E-state index < -0.39 is 17.6 Å². The minimum absolute atomic E-state index is 0.0997. The summed E-state index contributed by atoms with van der Waals surface area (Å²) in [6, 6.07) is 10.3. The molecule has 0 aliphatic carbocycles. The van der Waals surface area contributed by atoms with Gasteiger partial charge in [0.1, 0.15) is 0 Å². The Morgan fingerprint density at radius 1 is 1.10 bits per heavy atom. The maximum atomic E-state index is 12.0. The highest BCUT2D eigenvalue weighted by atomic mass is 16.4. The summed E-state index contributed by atoms with van der Waals surface area (Å²) in [5, 5.41) is 22.7. The number of carbonyl (C=O) groups excluding carboxylic acids is 1. The fourth-order valence-corrected chi connectivity index (χ4v) is 1.71. The second-order valence-electron chi connectivity index (χ2n) is 4.33. The van der Waals surface area contributed by atoms with Crippen LogP contribution in [-0.4, -0.2) is 17.0 Å². The molecule has 1 amide bonds. The summed E-state index contributed by atoms with van der Waals surface area (Å²) in [7, 11) is 0. The largest absolute Gasteiger partial charge is 0.872 e. The Kier molecular flexibility index (Phi) is 3.70. The van der Waals surface area contributed by atoms with Crippen molar-refractivity contribution < 1.29 is 19.8 Å². The number of hydrogen-bond acceptors (Lipinski definition) is 3. The number of carbonyl (C=O) groups is 2. The van der Waals surface area contributed by atoms with Crippen LogP contribution in [0.3, 0.4) is 0 Å². The number of carboxylic acid groups (broad SMARTS) is 1. The van der Waals surface area contributed by atoms with Gasteiger partial charge in [0.25, 0.3) is 5.91 Å². The molecule has 0 aromatic heterocycles. The van der Waals surface area contributed by atoms with Gasteiger partial charge in [0, 0.05) is 5.56 Å². The zero-order chi connectivity index (χ0) is 14.7. The molecule has 0 aliphatic rings. The summed E-state index contributed by atoms with van der Waals surface area (Å²) in [5.41, 5.74) is 1.31. The molecule has 0 bridgehead atoms. The topological polar surface area (TPSA) is 89.5 Å². The van der Waals surface area contributed by atoms with Gasteiger partial charge in [-0.2, -0.15) is 0 Å². The van der Waals surface area contributed by atoms with Gasteiger partial charge in [0.05, 0.1) is 11.3 Å². The van der Waals surface area contributed by atoms with Gasteiger partial charge in [-0.05, 0) is 25.1 Å². The third kappa shape index (κ3) is 2.95. The van der Waals surface area contributed by atoms with Crippen molar-refractivity contribution in [2.45, 2.75) is 6.92 Å². The first kappa shape index (κ1) is 13.6. The maximum absolute atomic E-state index is 12.0. The van der Waals surface area contributed by atoms with Crippen molar-refractivity contribution in [3.8, 4) is 5.75 Å². The fourth-order valence-electron chi connectivity index (χ4n) is 1.71. The maximum Gasteiger partial charge on any atom is 0.337 e. The number of anilines is 1. The van der Waals surface area contributed by atoms with E-state index in [1.54, 1.807) is 24.3 Å². The summed E-state index contributed by atoms with van der Waals surface area (Å²) < 4.78 is 0. The lowest BCUT2D eigenvalue weighted by Crippen LogP contribution is -2.15. The summed E-state index contributed by atoms with van der Waals surface area (Å²) in [5.74, 6) is -2.11. The third-order valence-corrected chi connectivity index (χ3v) is 2.78. The molecule has 0 spiro atoms. The van der Waals surface area contributed by atoms with Gasteiger partial charge >= 0.3 is 5.97 Å². The Balaban J connectivity index is 2.28. The van der Waals surface area contributed by atoms with E-state index in [1.165, 1.54) is 12.1 Å². The first-order valence-corrected chi connectivity index (χ1v) is 5.90. The van der Waals surface area contributed by atoms with E-state index in [0.717, 1.165) is 11.6 Å². The lowest BCUT2D eigenvalue weighted by molar-refractivity contribution is -0.268. The zero-order valence-electron chi connectivity index (χ0n) is 10.7. The lowest BCUT2D eigenvalue weighted by atomic mass is 10.1. The molecule has 0 atom stereocenters. The lowest BCUT2D eigenvalue weighted by Gasteiger charge is -2.12. The molecule has 0 unspecified atom stereocenters. The van der Waals surface area contributed by atoms with E-state index in [1.807, 2.05) is 6.92 Å². The highest BCUT2D eigenvalue weighted by Crippen LogP contribution is 2.20. The van der Waals surface area contributed by atoms with Crippen LogP contribution in [0.4, 0.5) is 5.69 Å². The normalized spacial score (nSPS) is 10.1. The molecule has 0 saturated carbocycles. The van der Waals surface area contributed by atoms with Crippen LogP contribution in [0.15, 0.2) is 42.5 Å². The molecule has 0 heterocycles. The van der Waals surface area contributed by atoms with Gasteiger partial charge in [-0.3, -0.25) is 4.79 Å². The SMILES string of the molecule is Cc1ccc(C(=O)Nc2ccc([O-])cc2C(=O)O)cc1. The van der Waals surface area contributed by atoms with Crippen LogP contribution in [0.5, 0.6) is 5.75 Å². The minimum atomic E-state index is -1.26. The van der Waals surface area contributed by atoms with Gasteiger partial charge in [-0.25, -0.2) is 4.79 Å². The predicted molar refractivity (Wildman–Crippen MR) is 72.0 cm³/mol. The molecule has 2 N–H and O–H groups in total. The van der Waals surface area contributed by atoms with Gasteiger partial charge < -0.3 is 15.5 Å². The monoisotopic (exact) mass is 270 g/mol. The van der Waals surface area contributed by atoms with E-state index in [0.29, 0.717) is 5.56 Å². The number of amides is 1. The highest BCUT2D eigenvalue weighted by molar-refractivity contribution is 6.07. The number of aromatic carboxylic acids is 1. The molecular weight excluding hydrogens is 258 g/mol. The molecule has 5 nitrogen and oxygen atoms in total. The van der Waals surface area contributed by atoms with Crippen molar-refractivity contribution in [2.75, 3.05) is 5.32 Å². The quantitative estimate of drug-likeness (QED) is 0.892. The van der Waals surface area contributed by atoms with Gasteiger partial charge in [-0.15, -0.1) is 5.75 Å². The molecule has 2 aromatic rings. The predicted octanol–water partition coefficient (Wildman–Crippen LogP) is 2.02. The Bertz CT molecular complexity index is 662. The van der Waals surface area contributed by atoms with Crippen LogP contribution < -0.4 is 10.4 Å². The number of aryl methyl sites for hydroxylation is 1. The van der Waals surface area contributed by atoms with Crippen LogP contribution >= 0.6 is 0 Å². The second kappa shape index (κ2) is 5.44. The van der Waals surface area contributed by atoms with Crippen LogP contribution in [-0.2, 0) is 0 Å². The average molecular weight is 270 g/mol. The fraction of sp³-hybridized carbons (Fsp3) is 0.0667. The molecule has 2 aromatic carbocycles. The molecule has 0 saturated heterocycles. The standard InChI is InChI=1S/C15H13NO4/c1-9-2-4-10(5-3-9)14(18)16-13-7-6-11(17)8-12(13)15(19)20/h2-8,17H,1H3,(H,16,18)(H,19,20)/p-1. The third-order valence-electron chi connectivity index (χ3n) is 2.78. The van der Waals surface area contributed by atoms with Crippen LogP contribution in [0.1, 0.15) is 26.3 Å². The summed E-state index contributed by atoms with van der Waals surface area (Å²) in [4.78, 5) is 23.0. The molecule has 2 rings (SSSR count). The average Bonchev–Trinajstić information content (AvgIpc) is 2.41. The van der Waals surface area contributed by atoms with Gasteiger partial charge in [-0.1, -0.05) is 29.8 Å². The summed E-state index contributed by atoms with van der Waals surface area (Å²) in [6.45, 7) is 1.90. The molecule has 102 valence electrons.